The van der Waals surface area contributed by atoms with E-state index >= 15 is 0 Å². The Morgan fingerprint density at radius 1 is 1.52 bits per heavy atom. The van der Waals surface area contributed by atoms with Gasteiger partial charge in [-0.05, 0) is 17.9 Å². The van der Waals surface area contributed by atoms with Crippen molar-refractivity contribution in [3.8, 4) is 0 Å². The number of carbonyl (C=O) groups excluding carboxylic acids is 1. The molecular formula is C13H16F2N3O3+. The highest BCUT2D eigenvalue weighted by Crippen LogP contribution is 2.47. The number of rotatable bonds is 6. The average molecular weight is 300 g/mol. The van der Waals surface area contributed by atoms with Gasteiger partial charge in [-0.25, -0.2) is 8.78 Å². The van der Waals surface area contributed by atoms with Crippen LogP contribution in [0.5, 0.6) is 0 Å². The highest BCUT2D eigenvalue weighted by atomic mass is 19.3. The number of aliphatic carboxylic acids is 1. The van der Waals surface area contributed by atoms with Gasteiger partial charge in [0.05, 0.1) is 5.56 Å². The van der Waals surface area contributed by atoms with E-state index in [-0.39, 0.29) is 31.4 Å². The summed E-state index contributed by atoms with van der Waals surface area (Å²) in [5.41, 5.74) is -1.28. The van der Waals surface area contributed by atoms with E-state index < -0.39 is 23.3 Å². The minimum absolute atomic E-state index is 0.0889. The Bertz CT molecular complexity index is 551. The zero-order valence-corrected chi connectivity index (χ0v) is 11.5. The van der Waals surface area contributed by atoms with Gasteiger partial charge in [-0.15, -0.1) is 0 Å². The Hall–Kier alpha value is -2.12. The first-order valence-corrected chi connectivity index (χ1v) is 6.51. The maximum atomic E-state index is 13.4. The van der Waals surface area contributed by atoms with Crippen LogP contribution in [0.25, 0.3) is 0 Å². The Morgan fingerprint density at radius 3 is 2.62 bits per heavy atom. The van der Waals surface area contributed by atoms with Crippen LogP contribution in [0.15, 0.2) is 18.5 Å². The lowest BCUT2D eigenvalue weighted by atomic mass is 10.1. The Balaban J connectivity index is 1.99. The van der Waals surface area contributed by atoms with Gasteiger partial charge in [0.25, 0.3) is 11.8 Å². The van der Waals surface area contributed by atoms with Crippen LogP contribution in [0.1, 0.15) is 36.5 Å². The van der Waals surface area contributed by atoms with Gasteiger partial charge < -0.3 is 10.4 Å². The van der Waals surface area contributed by atoms with E-state index in [1.165, 1.54) is 23.1 Å². The summed E-state index contributed by atoms with van der Waals surface area (Å²) in [5.74, 6) is -4.52. The predicted octanol–water partition coefficient (Wildman–Crippen LogP) is 0.761. The molecule has 2 rings (SSSR count). The maximum absolute atomic E-state index is 13.4. The molecule has 0 aliphatic heterocycles. The van der Waals surface area contributed by atoms with Gasteiger partial charge in [-0.2, -0.15) is 0 Å². The van der Waals surface area contributed by atoms with Crippen LogP contribution in [0.2, 0.25) is 0 Å². The van der Waals surface area contributed by atoms with Gasteiger partial charge in [0.15, 0.2) is 12.7 Å². The lowest BCUT2D eigenvalue weighted by Gasteiger charge is -2.24. The lowest BCUT2D eigenvalue weighted by molar-refractivity contribution is -0.753. The molecule has 1 fully saturated rings. The molecular weight excluding hydrogens is 284 g/mol. The fourth-order valence-corrected chi connectivity index (χ4v) is 1.95. The number of nitrogens with one attached hydrogen (secondary N) is 1. The lowest BCUT2D eigenvalue weighted by Crippen LogP contribution is -2.49. The van der Waals surface area contributed by atoms with Gasteiger partial charge in [0.1, 0.15) is 18.2 Å². The summed E-state index contributed by atoms with van der Waals surface area (Å²) in [6.07, 6.45) is 3.10. The molecule has 1 heterocycles. The van der Waals surface area contributed by atoms with E-state index in [4.69, 9.17) is 5.11 Å². The van der Waals surface area contributed by atoms with E-state index in [9.17, 15) is 18.4 Å². The molecule has 0 saturated heterocycles. The van der Waals surface area contributed by atoms with Gasteiger partial charge in [-0.3, -0.25) is 9.59 Å². The summed E-state index contributed by atoms with van der Waals surface area (Å²) < 4.78 is 28.1. The zero-order valence-electron chi connectivity index (χ0n) is 11.5. The molecule has 1 aliphatic carbocycles. The van der Waals surface area contributed by atoms with Gasteiger partial charge in [-0.1, -0.05) is 4.68 Å². The molecule has 0 unspecified atom stereocenters. The fraction of sp³-hybridized carbons (Fsp3) is 0.538. The molecule has 2 N–H and O–H groups in total. The molecule has 0 radical (unpaired) electrons. The highest BCUT2D eigenvalue weighted by Gasteiger charge is 2.60. The Morgan fingerprint density at radius 2 is 2.19 bits per heavy atom. The van der Waals surface area contributed by atoms with Crippen molar-refractivity contribution in [1.29, 1.82) is 0 Å². The Kier molecular flexibility index (Phi) is 3.89. The zero-order chi connectivity index (χ0) is 15.7. The second-order valence-corrected chi connectivity index (χ2v) is 5.25. The van der Waals surface area contributed by atoms with Crippen LogP contribution < -0.4 is 10.00 Å². The number of carbonyl (C=O) groups is 2. The quantitative estimate of drug-likeness (QED) is 0.760. The van der Waals surface area contributed by atoms with Crippen LogP contribution >= 0.6 is 0 Å². The third kappa shape index (κ3) is 3.50. The van der Waals surface area contributed by atoms with Crippen molar-refractivity contribution in [2.24, 2.45) is 0 Å². The van der Waals surface area contributed by atoms with Gasteiger partial charge in [0.2, 0.25) is 0 Å². The molecule has 1 saturated carbocycles. The molecule has 0 bridgehead atoms. The number of alkyl halides is 2. The minimum atomic E-state index is -2.97. The molecule has 1 amide bonds. The van der Waals surface area contributed by atoms with Crippen LogP contribution in [-0.4, -0.2) is 33.5 Å². The van der Waals surface area contributed by atoms with E-state index in [1.54, 1.807) is 0 Å². The van der Waals surface area contributed by atoms with Crippen molar-refractivity contribution < 1.29 is 28.2 Å². The summed E-state index contributed by atoms with van der Waals surface area (Å²) in [5, 5.41) is 14.8. The van der Waals surface area contributed by atoms with Crippen molar-refractivity contribution in [2.75, 3.05) is 0 Å². The van der Waals surface area contributed by atoms with E-state index in [0.29, 0.717) is 0 Å². The Labute approximate surface area is 119 Å². The second kappa shape index (κ2) is 5.34. The first-order valence-electron chi connectivity index (χ1n) is 6.51. The molecule has 0 atom stereocenters. The number of hydrogen-bond acceptors (Lipinski definition) is 3. The average Bonchev–Trinajstić information content (AvgIpc) is 3.17. The molecule has 6 nitrogen and oxygen atoms in total. The number of aromatic nitrogens is 2. The second-order valence-electron chi connectivity index (χ2n) is 5.25. The summed E-state index contributed by atoms with van der Waals surface area (Å²) in [7, 11) is 0. The molecule has 1 aromatic rings. The van der Waals surface area contributed by atoms with Crippen molar-refractivity contribution in [2.45, 2.75) is 44.2 Å². The number of hydrogen-bond donors (Lipinski definition) is 2. The van der Waals surface area contributed by atoms with Crippen LogP contribution in [0.3, 0.4) is 0 Å². The highest BCUT2D eigenvalue weighted by molar-refractivity contribution is 5.94. The van der Waals surface area contributed by atoms with Crippen molar-refractivity contribution in [3.05, 3.63) is 24.0 Å². The summed E-state index contributed by atoms with van der Waals surface area (Å²) in [4.78, 5) is 22.4. The first kappa shape index (κ1) is 15.3. The van der Waals surface area contributed by atoms with E-state index in [0.717, 1.165) is 6.92 Å². The third-order valence-electron chi connectivity index (χ3n) is 3.53. The number of nitrogens with zero attached hydrogens (tertiary/aromatic N) is 2. The maximum Gasteiger partial charge on any atom is 0.309 e. The molecule has 1 aromatic heterocycles. The van der Waals surface area contributed by atoms with Crippen LogP contribution in [-0.2, 0) is 11.3 Å². The smallest absolute Gasteiger partial charge is 0.309 e. The summed E-state index contributed by atoms with van der Waals surface area (Å²) >= 11 is 0. The first-order chi connectivity index (χ1) is 9.73. The van der Waals surface area contributed by atoms with E-state index in [1.807, 2.05) is 0 Å². The predicted molar refractivity (Wildman–Crippen MR) is 66.7 cm³/mol. The number of aryl methyl sites for hydroxylation is 1. The normalized spacial score (nSPS) is 16.3. The fourth-order valence-electron chi connectivity index (χ4n) is 1.95. The molecule has 21 heavy (non-hydrogen) atoms. The number of halogens is 2. The summed E-state index contributed by atoms with van der Waals surface area (Å²) in [6.45, 7) is 0.970. The van der Waals surface area contributed by atoms with Crippen LogP contribution in [0.4, 0.5) is 8.78 Å². The summed E-state index contributed by atoms with van der Waals surface area (Å²) in [6, 6.07) is 1.42. The molecule has 1 aliphatic rings. The molecule has 8 heteroatoms. The molecule has 114 valence electrons. The van der Waals surface area contributed by atoms with Crippen molar-refractivity contribution in [1.82, 2.24) is 10.4 Å². The molecule has 0 aromatic carbocycles. The van der Waals surface area contributed by atoms with Crippen LogP contribution in [0, 0.1) is 0 Å². The molecule has 0 spiro atoms. The SMILES string of the molecule is CC(F)(F)C1(NC(=O)c2cc[n+](CCC(=O)O)nc2)CC1. The number of carboxylic acid groups (broad SMARTS) is 1. The van der Waals surface area contributed by atoms with Crippen molar-refractivity contribution in [3.63, 3.8) is 0 Å². The largest absolute Gasteiger partial charge is 0.481 e. The third-order valence-corrected chi connectivity index (χ3v) is 3.53. The van der Waals surface area contributed by atoms with E-state index in [2.05, 4.69) is 10.4 Å². The number of amides is 1. The minimum Gasteiger partial charge on any atom is -0.481 e. The number of carboxylic acids is 1. The van der Waals surface area contributed by atoms with Gasteiger partial charge in [0, 0.05) is 13.0 Å². The topological polar surface area (TPSA) is 83.2 Å². The standard InChI is InChI=1S/C13H15F2N3O3/c1-12(14,15)13(4-5-13)17-11(21)9-2-6-18(16-8-9)7-3-10(19)20/h2,6,8H,3-5,7H2,1H3,(H-,17,19,20,21)/p+1. The van der Waals surface area contributed by atoms with Crippen molar-refractivity contribution >= 4 is 11.9 Å². The monoisotopic (exact) mass is 300 g/mol. The van der Waals surface area contributed by atoms with Gasteiger partial charge >= 0.3 is 5.97 Å².